The van der Waals surface area contributed by atoms with E-state index in [1.807, 2.05) is 0 Å². The number of hydrogen-bond acceptors (Lipinski definition) is 3. The summed E-state index contributed by atoms with van der Waals surface area (Å²) in [4.78, 5) is 10.6. The molecule has 0 aromatic carbocycles. The van der Waals surface area contributed by atoms with Gasteiger partial charge in [0.15, 0.2) is 5.96 Å². The quantitative estimate of drug-likeness (QED) is 0.258. The molecule has 1 atom stereocenters. The van der Waals surface area contributed by atoms with E-state index in [2.05, 4.69) is 5.32 Å². The molecule has 1 unspecified atom stereocenters. The van der Waals surface area contributed by atoms with E-state index in [0.717, 1.165) is 0 Å². The Labute approximate surface area is 77.8 Å². The third-order valence-corrected chi connectivity index (χ3v) is 1.55. The molecule has 5 N–H and O–H groups in total. The van der Waals surface area contributed by atoms with Gasteiger partial charge in [0, 0.05) is 13.0 Å². The number of aliphatic hydroxyl groups excluding tert-OH is 1. The van der Waals surface area contributed by atoms with Crippen LogP contribution in [0.5, 0.6) is 0 Å². The molecule has 0 amide bonds. The number of carbonyl (C=O) groups excluding carboxylic acids is 1. The van der Waals surface area contributed by atoms with Crippen molar-refractivity contribution >= 4 is 11.7 Å². The zero-order chi connectivity index (χ0) is 10.3. The molecule has 0 rings (SSSR count). The molecular weight excluding hydrogens is 170 g/mol. The number of rotatable bonds is 6. The number of nitrogens with two attached hydrogens (primary N) is 1. The van der Waals surface area contributed by atoms with Gasteiger partial charge in [-0.1, -0.05) is 0 Å². The maximum Gasteiger partial charge on any atom is 0.185 e. The Morgan fingerprint density at radius 3 is 2.77 bits per heavy atom. The van der Waals surface area contributed by atoms with Gasteiger partial charge >= 0.3 is 0 Å². The summed E-state index contributed by atoms with van der Waals surface area (Å²) in [7, 11) is 0. The van der Waals surface area contributed by atoms with Crippen molar-refractivity contribution in [1.82, 2.24) is 5.32 Å². The number of Topliss-reactive ketones (excluding diaryl/α,β-unsaturated/α-hetero) is 1. The second-order valence-electron chi connectivity index (χ2n) is 3.04. The number of ketones is 1. The molecule has 0 spiro atoms. The minimum atomic E-state index is -0.564. The van der Waals surface area contributed by atoms with Gasteiger partial charge in [-0.25, -0.2) is 0 Å². The van der Waals surface area contributed by atoms with Crippen molar-refractivity contribution in [3.8, 4) is 0 Å². The van der Waals surface area contributed by atoms with Crippen LogP contribution in [0.3, 0.4) is 0 Å². The molecule has 76 valence electrons. The Morgan fingerprint density at radius 1 is 1.69 bits per heavy atom. The average Bonchev–Trinajstić information content (AvgIpc) is 1.96. The first kappa shape index (κ1) is 11.9. The zero-order valence-electron chi connectivity index (χ0n) is 7.84. The van der Waals surface area contributed by atoms with E-state index in [4.69, 9.17) is 11.1 Å². The van der Waals surface area contributed by atoms with Gasteiger partial charge in [-0.3, -0.25) is 10.2 Å². The van der Waals surface area contributed by atoms with Crippen LogP contribution >= 0.6 is 0 Å². The molecule has 5 heteroatoms. The Hall–Kier alpha value is -1.10. The van der Waals surface area contributed by atoms with Crippen molar-refractivity contribution in [1.29, 1.82) is 5.41 Å². The molecule has 0 heterocycles. The molecule has 0 aromatic heterocycles. The lowest BCUT2D eigenvalue weighted by atomic mass is 10.1. The average molecular weight is 187 g/mol. The molecule has 0 radical (unpaired) electrons. The zero-order valence-corrected chi connectivity index (χ0v) is 7.84. The number of nitrogens with one attached hydrogen (secondary N) is 2. The Kier molecular flexibility index (Phi) is 5.88. The topological polar surface area (TPSA) is 99.2 Å². The van der Waals surface area contributed by atoms with Gasteiger partial charge in [0.1, 0.15) is 5.78 Å². The first-order valence-corrected chi connectivity index (χ1v) is 4.27. The monoisotopic (exact) mass is 187 g/mol. The summed E-state index contributed by atoms with van der Waals surface area (Å²) in [6, 6.07) is 0. The minimum Gasteiger partial charge on any atom is -0.393 e. The van der Waals surface area contributed by atoms with Crippen molar-refractivity contribution in [2.24, 2.45) is 5.73 Å². The SMILES string of the molecule is CC(=O)CC(O)CCCNC(=N)N. The summed E-state index contributed by atoms with van der Waals surface area (Å²) in [6.45, 7) is 2.02. The van der Waals surface area contributed by atoms with E-state index in [9.17, 15) is 9.90 Å². The molecule has 0 fully saturated rings. The molecule has 0 aliphatic rings. The highest BCUT2D eigenvalue weighted by Crippen LogP contribution is 2.01. The first-order valence-electron chi connectivity index (χ1n) is 4.27. The normalized spacial score (nSPS) is 12.2. The van der Waals surface area contributed by atoms with Crippen molar-refractivity contribution in [2.75, 3.05) is 6.54 Å². The largest absolute Gasteiger partial charge is 0.393 e. The van der Waals surface area contributed by atoms with Gasteiger partial charge in [0.25, 0.3) is 0 Å². The molecule has 0 saturated heterocycles. The van der Waals surface area contributed by atoms with Crippen molar-refractivity contribution < 1.29 is 9.90 Å². The van der Waals surface area contributed by atoms with Gasteiger partial charge in [-0.05, 0) is 19.8 Å². The summed E-state index contributed by atoms with van der Waals surface area (Å²) in [5, 5.41) is 18.7. The summed E-state index contributed by atoms with van der Waals surface area (Å²) in [6.07, 6.45) is 0.903. The van der Waals surface area contributed by atoms with E-state index in [0.29, 0.717) is 19.4 Å². The second-order valence-corrected chi connectivity index (χ2v) is 3.04. The van der Waals surface area contributed by atoms with Crippen LogP contribution in [0.2, 0.25) is 0 Å². The van der Waals surface area contributed by atoms with Crippen LogP contribution in [0, 0.1) is 5.41 Å². The number of carbonyl (C=O) groups is 1. The first-order chi connectivity index (χ1) is 6.02. The minimum absolute atomic E-state index is 0.00738. The van der Waals surface area contributed by atoms with Gasteiger partial charge < -0.3 is 16.2 Å². The fourth-order valence-electron chi connectivity index (χ4n) is 0.995. The van der Waals surface area contributed by atoms with Crippen LogP contribution in [0.1, 0.15) is 26.2 Å². The van der Waals surface area contributed by atoms with Crippen LogP contribution in [0.25, 0.3) is 0 Å². The molecule has 0 aliphatic carbocycles. The lowest BCUT2D eigenvalue weighted by Crippen LogP contribution is -2.31. The highest BCUT2D eigenvalue weighted by atomic mass is 16.3. The lowest BCUT2D eigenvalue weighted by molar-refractivity contribution is -0.118. The molecule has 0 aliphatic heterocycles. The van der Waals surface area contributed by atoms with Crippen LogP contribution in [0.15, 0.2) is 0 Å². The maximum atomic E-state index is 10.6. The highest BCUT2D eigenvalue weighted by Gasteiger charge is 2.06. The number of aliphatic hydroxyl groups is 1. The summed E-state index contributed by atoms with van der Waals surface area (Å²) in [5.41, 5.74) is 5.05. The Morgan fingerprint density at radius 2 is 2.31 bits per heavy atom. The van der Waals surface area contributed by atoms with Crippen molar-refractivity contribution in [3.63, 3.8) is 0 Å². The van der Waals surface area contributed by atoms with E-state index in [1.165, 1.54) is 6.92 Å². The van der Waals surface area contributed by atoms with Crippen LogP contribution in [-0.2, 0) is 4.79 Å². The lowest BCUT2D eigenvalue weighted by Gasteiger charge is -2.08. The fraction of sp³-hybridized carbons (Fsp3) is 0.750. The molecule has 0 bridgehead atoms. The van der Waals surface area contributed by atoms with Gasteiger partial charge in [0.05, 0.1) is 6.10 Å². The highest BCUT2D eigenvalue weighted by molar-refractivity contribution is 5.76. The molecule has 13 heavy (non-hydrogen) atoms. The number of hydrogen-bond donors (Lipinski definition) is 4. The van der Waals surface area contributed by atoms with Gasteiger partial charge in [-0.15, -0.1) is 0 Å². The van der Waals surface area contributed by atoms with E-state index in [1.54, 1.807) is 0 Å². The summed E-state index contributed by atoms with van der Waals surface area (Å²) < 4.78 is 0. The summed E-state index contributed by atoms with van der Waals surface area (Å²) >= 11 is 0. The third-order valence-electron chi connectivity index (χ3n) is 1.55. The predicted molar refractivity (Wildman–Crippen MR) is 50.5 cm³/mol. The van der Waals surface area contributed by atoms with Gasteiger partial charge in [-0.2, -0.15) is 0 Å². The molecule has 5 nitrogen and oxygen atoms in total. The predicted octanol–water partition coefficient (Wildman–Crippen LogP) is -0.410. The van der Waals surface area contributed by atoms with Gasteiger partial charge in [0.2, 0.25) is 0 Å². The summed E-state index contributed by atoms with van der Waals surface area (Å²) in [5.74, 6) is -0.0758. The molecule has 0 aromatic rings. The Balaban J connectivity index is 3.31. The molecular formula is C8H17N3O2. The maximum absolute atomic E-state index is 10.6. The fourth-order valence-corrected chi connectivity index (χ4v) is 0.995. The van der Waals surface area contributed by atoms with Crippen molar-refractivity contribution in [3.05, 3.63) is 0 Å². The van der Waals surface area contributed by atoms with E-state index in [-0.39, 0.29) is 18.2 Å². The van der Waals surface area contributed by atoms with E-state index < -0.39 is 6.10 Å². The van der Waals surface area contributed by atoms with E-state index >= 15 is 0 Å². The van der Waals surface area contributed by atoms with Crippen LogP contribution in [-0.4, -0.2) is 29.5 Å². The Bertz CT molecular complexity index is 182. The third kappa shape index (κ3) is 8.81. The van der Waals surface area contributed by atoms with Crippen LogP contribution in [0.4, 0.5) is 0 Å². The smallest absolute Gasteiger partial charge is 0.185 e. The van der Waals surface area contributed by atoms with Crippen LogP contribution < -0.4 is 11.1 Å². The van der Waals surface area contributed by atoms with Crippen molar-refractivity contribution in [2.45, 2.75) is 32.3 Å². The standard InChI is InChI=1S/C8H17N3O2/c1-6(12)5-7(13)3-2-4-11-8(9)10/h7,13H,2-5H2,1H3,(H4,9,10,11). The molecule has 0 saturated carbocycles. The second kappa shape index (κ2) is 6.42. The number of guanidine groups is 1.